The molecule has 2 unspecified atom stereocenters. The summed E-state index contributed by atoms with van der Waals surface area (Å²) in [5.41, 5.74) is 0.596. The van der Waals surface area contributed by atoms with Gasteiger partial charge in [0, 0.05) is 6.54 Å². The number of carbonyl (C=O) groups excluding carboxylic acids is 1. The van der Waals surface area contributed by atoms with E-state index in [0.717, 1.165) is 24.9 Å². The zero-order chi connectivity index (χ0) is 13.0. The smallest absolute Gasteiger partial charge is 0.319 e. The van der Waals surface area contributed by atoms with Crippen molar-refractivity contribution in [1.29, 1.82) is 0 Å². The van der Waals surface area contributed by atoms with E-state index in [2.05, 4.69) is 27.9 Å². The Morgan fingerprint density at radius 2 is 2.17 bits per heavy atom. The lowest BCUT2D eigenvalue weighted by atomic mass is 9.86. The second kappa shape index (κ2) is 6.02. The number of alkyl halides is 1. The van der Waals surface area contributed by atoms with Crippen LogP contribution in [0, 0.1) is 0 Å². The average Bonchev–Trinajstić information content (AvgIpc) is 2.40. The van der Waals surface area contributed by atoms with Crippen LogP contribution in [0.1, 0.15) is 25.3 Å². The third kappa shape index (κ3) is 3.03. The largest absolute Gasteiger partial charge is 0.452 e. The predicted molar refractivity (Wildman–Crippen MR) is 79.8 cm³/mol. The lowest BCUT2D eigenvalue weighted by molar-refractivity contribution is -0.161. The maximum absolute atomic E-state index is 11.9. The summed E-state index contributed by atoms with van der Waals surface area (Å²) in [6, 6.07) is 10.0. The van der Waals surface area contributed by atoms with Crippen LogP contribution in [0.2, 0.25) is 0 Å². The van der Waals surface area contributed by atoms with Gasteiger partial charge in [-0.05, 0) is 31.9 Å². The molecule has 18 heavy (non-hydrogen) atoms. The number of ether oxygens (including phenoxy) is 1. The van der Waals surface area contributed by atoms with Crippen molar-refractivity contribution >= 4 is 28.6 Å². The first kappa shape index (κ1) is 13.8. The molecule has 0 bridgehead atoms. The molecule has 1 aromatic carbocycles. The molecule has 0 amide bonds. The third-order valence-electron chi connectivity index (χ3n) is 3.27. The standard InChI is InChI=1S/C14H18INO2/c1-11(15)13(17)18-14(8-5-9-16-10-14)12-6-3-2-4-7-12/h2-4,6-7,11,16H,5,8-10H2,1H3. The molecule has 0 aliphatic carbocycles. The first-order chi connectivity index (χ1) is 8.64. The fourth-order valence-electron chi connectivity index (χ4n) is 2.29. The molecule has 0 spiro atoms. The summed E-state index contributed by atoms with van der Waals surface area (Å²) in [4.78, 5) is 11.9. The Balaban J connectivity index is 2.26. The quantitative estimate of drug-likeness (QED) is 0.512. The first-order valence-corrected chi connectivity index (χ1v) is 7.52. The molecule has 2 rings (SSSR count). The molecule has 1 aromatic rings. The minimum atomic E-state index is -0.490. The van der Waals surface area contributed by atoms with Gasteiger partial charge in [0.05, 0.1) is 0 Å². The van der Waals surface area contributed by atoms with E-state index < -0.39 is 5.60 Å². The molecule has 0 aromatic heterocycles. The van der Waals surface area contributed by atoms with Gasteiger partial charge in [0.1, 0.15) is 9.53 Å². The number of nitrogens with one attached hydrogen (secondary N) is 1. The summed E-state index contributed by atoms with van der Waals surface area (Å²) in [7, 11) is 0. The summed E-state index contributed by atoms with van der Waals surface area (Å²) in [5, 5.41) is 3.34. The van der Waals surface area contributed by atoms with Crippen molar-refractivity contribution in [3.05, 3.63) is 35.9 Å². The number of hydrogen-bond acceptors (Lipinski definition) is 3. The van der Waals surface area contributed by atoms with E-state index in [0.29, 0.717) is 6.54 Å². The zero-order valence-electron chi connectivity index (χ0n) is 10.5. The van der Waals surface area contributed by atoms with Crippen molar-refractivity contribution in [3.8, 4) is 0 Å². The second-order valence-corrected chi connectivity index (χ2v) is 6.55. The molecule has 1 aliphatic rings. The van der Waals surface area contributed by atoms with Crippen LogP contribution in [0.3, 0.4) is 0 Å². The molecule has 4 heteroatoms. The summed E-state index contributed by atoms with van der Waals surface area (Å²) in [6.45, 7) is 3.55. The minimum Gasteiger partial charge on any atom is -0.452 e. The van der Waals surface area contributed by atoms with E-state index in [4.69, 9.17) is 4.74 Å². The van der Waals surface area contributed by atoms with Gasteiger partial charge in [-0.2, -0.15) is 0 Å². The Bertz CT molecular complexity index is 400. The van der Waals surface area contributed by atoms with E-state index in [1.807, 2.05) is 37.3 Å². The number of hydrogen-bond donors (Lipinski definition) is 1. The van der Waals surface area contributed by atoms with Crippen LogP contribution in [0.15, 0.2) is 30.3 Å². The van der Waals surface area contributed by atoms with Crippen molar-refractivity contribution in [3.63, 3.8) is 0 Å². The van der Waals surface area contributed by atoms with Crippen molar-refractivity contribution < 1.29 is 9.53 Å². The van der Waals surface area contributed by atoms with Gasteiger partial charge in [-0.1, -0.05) is 52.9 Å². The monoisotopic (exact) mass is 359 g/mol. The van der Waals surface area contributed by atoms with Crippen molar-refractivity contribution in [1.82, 2.24) is 5.32 Å². The Morgan fingerprint density at radius 3 is 2.72 bits per heavy atom. The number of esters is 1. The molecule has 1 N–H and O–H groups in total. The van der Waals surface area contributed by atoms with Crippen LogP contribution in [0.4, 0.5) is 0 Å². The highest BCUT2D eigenvalue weighted by Gasteiger charge is 2.38. The summed E-state index contributed by atoms with van der Waals surface area (Å²) >= 11 is 2.10. The summed E-state index contributed by atoms with van der Waals surface area (Å²) in [5.74, 6) is -0.136. The van der Waals surface area contributed by atoms with Gasteiger partial charge in [-0.3, -0.25) is 4.79 Å². The molecule has 1 fully saturated rings. The number of benzene rings is 1. The number of piperidine rings is 1. The van der Waals surface area contributed by atoms with Crippen LogP contribution in [0.25, 0.3) is 0 Å². The average molecular weight is 359 g/mol. The molecule has 1 aliphatic heterocycles. The van der Waals surface area contributed by atoms with E-state index >= 15 is 0 Å². The van der Waals surface area contributed by atoms with Crippen LogP contribution in [0.5, 0.6) is 0 Å². The van der Waals surface area contributed by atoms with Crippen LogP contribution in [-0.2, 0) is 15.1 Å². The van der Waals surface area contributed by atoms with E-state index in [-0.39, 0.29) is 9.89 Å². The van der Waals surface area contributed by atoms with Gasteiger partial charge in [0.15, 0.2) is 0 Å². The highest BCUT2D eigenvalue weighted by atomic mass is 127. The Labute approximate surface area is 121 Å². The van der Waals surface area contributed by atoms with Gasteiger partial charge in [0.25, 0.3) is 0 Å². The Hall–Kier alpha value is -0.620. The van der Waals surface area contributed by atoms with Gasteiger partial charge in [-0.25, -0.2) is 0 Å². The van der Waals surface area contributed by atoms with Crippen molar-refractivity contribution in [2.75, 3.05) is 13.1 Å². The summed E-state index contributed by atoms with van der Waals surface area (Å²) < 4.78 is 5.70. The summed E-state index contributed by atoms with van der Waals surface area (Å²) in [6.07, 6.45) is 1.91. The normalized spacial score (nSPS) is 25.4. The van der Waals surface area contributed by atoms with Crippen molar-refractivity contribution in [2.24, 2.45) is 0 Å². The molecule has 98 valence electrons. The molecule has 1 saturated heterocycles. The second-order valence-electron chi connectivity index (χ2n) is 4.68. The minimum absolute atomic E-state index is 0.120. The maximum Gasteiger partial charge on any atom is 0.319 e. The highest BCUT2D eigenvalue weighted by molar-refractivity contribution is 14.1. The molecule has 3 nitrogen and oxygen atoms in total. The predicted octanol–water partition coefficient (Wildman–Crippen LogP) is 2.63. The Morgan fingerprint density at radius 1 is 1.44 bits per heavy atom. The van der Waals surface area contributed by atoms with Gasteiger partial charge in [-0.15, -0.1) is 0 Å². The first-order valence-electron chi connectivity index (χ1n) is 6.27. The van der Waals surface area contributed by atoms with Gasteiger partial charge in [0.2, 0.25) is 0 Å². The number of halogens is 1. The van der Waals surface area contributed by atoms with E-state index in [9.17, 15) is 4.79 Å². The number of carbonyl (C=O) groups is 1. The fourth-order valence-corrected chi connectivity index (χ4v) is 2.41. The third-order valence-corrected chi connectivity index (χ3v) is 3.77. The van der Waals surface area contributed by atoms with Crippen molar-refractivity contribution in [2.45, 2.75) is 29.3 Å². The van der Waals surface area contributed by atoms with Gasteiger partial charge < -0.3 is 10.1 Å². The molecule has 0 saturated carbocycles. The van der Waals surface area contributed by atoms with Crippen LogP contribution in [-0.4, -0.2) is 23.0 Å². The molecule has 1 heterocycles. The SMILES string of the molecule is CC(I)C(=O)OC1(c2ccccc2)CCCNC1. The molecular weight excluding hydrogens is 341 g/mol. The van der Waals surface area contributed by atoms with Crippen LogP contribution < -0.4 is 5.32 Å². The van der Waals surface area contributed by atoms with Gasteiger partial charge >= 0.3 is 5.97 Å². The highest BCUT2D eigenvalue weighted by Crippen LogP contribution is 2.33. The van der Waals surface area contributed by atoms with E-state index in [1.165, 1.54) is 0 Å². The van der Waals surface area contributed by atoms with Crippen LogP contribution >= 0.6 is 22.6 Å². The molecule has 2 atom stereocenters. The lowest BCUT2D eigenvalue weighted by Gasteiger charge is -2.38. The zero-order valence-corrected chi connectivity index (χ0v) is 12.6. The number of rotatable bonds is 3. The topological polar surface area (TPSA) is 38.3 Å². The molecule has 0 radical (unpaired) electrons. The maximum atomic E-state index is 11.9. The lowest BCUT2D eigenvalue weighted by Crippen LogP contribution is -2.47. The fraction of sp³-hybridized carbons (Fsp3) is 0.500. The van der Waals surface area contributed by atoms with E-state index in [1.54, 1.807) is 0 Å². The molecular formula is C14H18INO2. The Kier molecular flexibility index (Phi) is 4.61.